The van der Waals surface area contributed by atoms with Crippen LogP contribution in [-0.4, -0.2) is 4.98 Å². The second-order valence-corrected chi connectivity index (χ2v) is 3.36. The molecule has 1 aromatic rings. The Kier molecular flexibility index (Phi) is 1.89. The number of hydrogen-bond acceptors (Lipinski definition) is 1. The molecule has 0 N–H and O–H groups in total. The Morgan fingerprint density at radius 2 is 2.00 bits per heavy atom. The highest BCUT2D eigenvalue weighted by molar-refractivity contribution is 5.10. The van der Waals surface area contributed by atoms with Gasteiger partial charge >= 0.3 is 0 Å². The predicted molar refractivity (Wildman–Crippen MR) is 45.3 cm³/mol. The molecule has 0 atom stereocenters. The van der Waals surface area contributed by atoms with Crippen LogP contribution >= 0.6 is 0 Å². The Hall–Kier alpha value is -0.850. The summed E-state index contributed by atoms with van der Waals surface area (Å²) in [6, 6.07) is 4.25. The third-order valence-electron chi connectivity index (χ3n) is 2.50. The van der Waals surface area contributed by atoms with Crippen molar-refractivity contribution < 1.29 is 0 Å². The first-order valence-electron chi connectivity index (χ1n) is 4.34. The summed E-state index contributed by atoms with van der Waals surface area (Å²) in [7, 11) is 0. The summed E-state index contributed by atoms with van der Waals surface area (Å²) in [5.41, 5.74) is 1.45. The average Bonchev–Trinajstić information content (AvgIpc) is 1.99. The molecule has 1 heterocycles. The Morgan fingerprint density at radius 3 is 2.55 bits per heavy atom. The van der Waals surface area contributed by atoms with E-state index in [1.807, 2.05) is 12.4 Å². The van der Waals surface area contributed by atoms with Crippen LogP contribution in [0.15, 0.2) is 24.5 Å². The SMILES string of the molecule is c1cc(CC2CCC2)ccn1. The van der Waals surface area contributed by atoms with Crippen molar-refractivity contribution in [1.82, 2.24) is 4.98 Å². The largest absolute Gasteiger partial charge is 0.265 e. The molecule has 0 saturated heterocycles. The van der Waals surface area contributed by atoms with Gasteiger partial charge in [-0.25, -0.2) is 0 Å². The fraction of sp³-hybridized carbons (Fsp3) is 0.500. The van der Waals surface area contributed by atoms with Gasteiger partial charge in [0.15, 0.2) is 0 Å². The zero-order valence-electron chi connectivity index (χ0n) is 6.66. The molecule has 1 aliphatic carbocycles. The number of hydrogen-bond donors (Lipinski definition) is 0. The predicted octanol–water partition coefficient (Wildman–Crippen LogP) is 2.42. The third kappa shape index (κ3) is 1.59. The number of rotatable bonds is 2. The molecule has 0 bridgehead atoms. The van der Waals surface area contributed by atoms with E-state index >= 15 is 0 Å². The van der Waals surface area contributed by atoms with Crippen LogP contribution in [0.3, 0.4) is 0 Å². The van der Waals surface area contributed by atoms with Crippen molar-refractivity contribution in [1.29, 1.82) is 0 Å². The highest BCUT2D eigenvalue weighted by Crippen LogP contribution is 2.29. The lowest BCUT2D eigenvalue weighted by atomic mass is 9.81. The van der Waals surface area contributed by atoms with Crippen molar-refractivity contribution >= 4 is 0 Å². The molecule has 58 valence electrons. The molecule has 0 radical (unpaired) electrons. The summed E-state index contributed by atoms with van der Waals surface area (Å²) < 4.78 is 0. The summed E-state index contributed by atoms with van der Waals surface area (Å²) in [6.45, 7) is 0. The zero-order chi connectivity index (χ0) is 7.52. The van der Waals surface area contributed by atoms with E-state index in [2.05, 4.69) is 17.1 Å². The Labute approximate surface area is 67.5 Å². The topological polar surface area (TPSA) is 12.9 Å². The van der Waals surface area contributed by atoms with E-state index < -0.39 is 0 Å². The first kappa shape index (κ1) is 6.84. The lowest BCUT2D eigenvalue weighted by molar-refractivity contribution is 0.314. The average molecular weight is 147 g/mol. The molecule has 1 saturated carbocycles. The van der Waals surface area contributed by atoms with Crippen molar-refractivity contribution in [2.24, 2.45) is 5.92 Å². The van der Waals surface area contributed by atoms with Crippen molar-refractivity contribution in [2.75, 3.05) is 0 Å². The molecule has 1 fully saturated rings. The van der Waals surface area contributed by atoms with Gasteiger partial charge in [0.1, 0.15) is 0 Å². The normalized spacial score (nSPS) is 17.8. The molecule has 1 nitrogen and oxygen atoms in total. The quantitative estimate of drug-likeness (QED) is 0.626. The maximum atomic E-state index is 4.00. The van der Waals surface area contributed by atoms with E-state index in [0.717, 1.165) is 5.92 Å². The summed E-state index contributed by atoms with van der Waals surface area (Å²) in [4.78, 5) is 4.00. The standard InChI is InChI=1S/C10H13N/c1-2-9(3-1)8-10-4-6-11-7-5-10/h4-7,9H,1-3,8H2. The number of pyridine rings is 1. The molecule has 2 rings (SSSR count). The summed E-state index contributed by atoms with van der Waals surface area (Å²) in [6.07, 6.45) is 9.34. The van der Waals surface area contributed by atoms with Gasteiger partial charge in [-0.2, -0.15) is 0 Å². The van der Waals surface area contributed by atoms with Gasteiger partial charge in [0, 0.05) is 12.4 Å². The van der Waals surface area contributed by atoms with Crippen LogP contribution < -0.4 is 0 Å². The van der Waals surface area contributed by atoms with E-state index in [1.54, 1.807) is 0 Å². The van der Waals surface area contributed by atoms with Crippen molar-refractivity contribution in [3.05, 3.63) is 30.1 Å². The summed E-state index contributed by atoms with van der Waals surface area (Å²) in [5, 5.41) is 0. The molecule has 0 aromatic carbocycles. The highest BCUT2D eigenvalue weighted by Gasteiger charge is 2.16. The van der Waals surface area contributed by atoms with Gasteiger partial charge in [-0.15, -0.1) is 0 Å². The van der Waals surface area contributed by atoms with Gasteiger partial charge in [0.05, 0.1) is 0 Å². The Morgan fingerprint density at radius 1 is 1.27 bits per heavy atom. The maximum Gasteiger partial charge on any atom is 0.0270 e. The van der Waals surface area contributed by atoms with Gasteiger partial charge in [-0.05, 0) is 30.0 Å². The fourth-order valence-electron chi connectivity index (χ4n) is 1.55. The van der Waals surface area contributed by atoms with E-state index in [0.29, 0.717) is 0 Å². The Balaban J connectivity index is 1.95. The summed E-state index contributed by atoms with van der Waals surface area (Å²) in [5.74, 6) is 0.970. The molecule has 1 heteroatoms. The van der Waals surface area contributed by atoms with E-state index in [1.165, 1.54) is 31.2 Å². The molecule has 0 amide bonds. The van der Waals surface area contributed by atoms with Gasteiger partial charge in [0.2, 0.25) is 0 Å². The van der Waals surface area contributed by atoms with Crippen LogP contribution in [-0.2, 0) is 6.42 Å². The lowest BCUT2D eigenvalue weighted by Gasteiger charge is -2.24. The first-order chi connectivity index (χ1) is 5.45. The highest BCUT2D eigenvalue weighted by atomic mass is 14.6. The molecule has 1 aliphatic rings. The van der Waals surface area contributed by atoms with Gasteiger partial charge in [-0.1, -0.05) is 19.3 Å². The van der Waals surface area contributed by atoms with Crippen LogP contribution in [0.4, 0.5) is 0 Å². The van der Waals surface area contributed by atoms with Crippen LogP contribution in [0.2, 0.25) is 0 Å². The molecular formula is C10H13N. The molecule has 0 aliphatic heterocycles. The summed E-state index contributed by atoms with van der Waals surface area (Å²) >= 11 is 0. The third-order valence-corrected chi connectivity index (χ3v) is 2.50. The van der Waals surface area contributed by atoms with E-state index in [-0.39, 0.29) is 0 Å². The second-order valence-electron chi connectivity index (χ2n) is 3.36. The minimum atomic E-state index is 0.970. The maximum absolute atomic E-state index is 4.00. The van der Waals surface area contributed by atoms with Crippen molar-refractivity contribution in [2.45, 2.75) is 25.7 Å². The van der Waals surface area contributed by atoms with Gasteiger partial charge in [-0.3, -0.25) is 4.98 Å². The van der Waals surface area contributed by atoms with E-state index in [9.17, 15) is 0 Å². The monoisotopic (exact) mass is 147 g/mol. The van der Waals surface area contributed by atoms with Crippen LogP contribution in [0, 0.1) is 5.92 Å². The van der Waals surface area contributed by atoms with Gasteiger partial charge < -0.3 is 0 Å². The first-order valence-corrected chi connectivity index (χ1v) is 4.34. The smallest absolute Gasteiger partial charge is 0.0270 e. The molecule has 1 aromatic heterocycles. The van der Waals surface area contributed by atoms with Crippen LogP contribution in [0.1, 0.15) is 24.8 Å². The van der Waals surface area contributed by atoms with Crippen LogP contribution in [0.5, 0.6) is 0 Å². The lowest BCUT2D eigenvalue weighted by Crippen LogP contribution is -2.13. The van der Waals surface area contributed by atoms with Gasteiger partial charge in [0.25, 0.3) is 0 Å². The van der Waals surface area contributed by atoms with Crippen molar-refractivity contribution in [3.63, 3.8) is 0 Å². The Bertz CT molecular complexity index is 214. The second kappa shape index (κ2) is 3.04. The van der Waals surface area contributed by atoms with Crippen molar-refractivity contribution in [3.8, 4) is 0 Å². The minimum Gasteiger partial charge on any atom is -0.265 e. The van der Waals surface area contributed by atoms with Crippen LogP contribution in [0.25, 0.3) is 0 Å². The molecule has 11 heavy (non-hydrogen) atoms. The zero-order valence-corrected chi connectivity index (χ0v) is 6.66. The minimum absolute atomic E-state index is 0.970. The molecular weight excluding hydrogens is 134 g/mol. The molecule has 0 unspecified atom stereocenters. The number of nitrogens with zero attached hydrogens (tertiary/aromatic N) is 1. The van der Waals surface area contributed by atoms with E-state index in [4.69, 9.17) is 0 Å². The molecule has 0 spiro atoms. The fourth-order valence-corrected chi connectivity index (χ4v) is 1.55. The number of aromatic nitrogens is 1.